The van der Waals surface area contributed by atoms with Gasteiger partial charge in [-0.15, -0.1) is 0 Å². The van der Waals surface area contributed by atoms with E-state index in [1.165, 1.54) is 99.0 Å². The molecule has 0 bridgehead atoms. The summed E-state index contributed by atoms with van der Waals surface area (Å²) in [5, 5.41) is 7.57. The summed E-state index contributed by atoms with van der Waals surface area (Å²) in [6, 6.07) is 16.9. The lowest BCUT2D eigenvalue weighted by Crippen LogP contribution is -2.19. The molecule has 0 amide bonds. The summed E-state index contributed by atoms with van der Waals surface area (Å²) < 4.78 is 5.57. The van der Waals surface area contributed by atoms with Crippen LogP contribution in [0.25, 0.3) is 11.1 Å². The molecule has 4 heteroatoms. The summed E-state index contributed by atoms with van der Waals surface area (Å²) in [6.45, 7) is 7.34. The van der Waals surface area contributed by atoms with Gasteiger partial charge in [-0.3, -0.25) is 4.79 Å². The smallest absolute Gasteiger partial charge is 0.142 e. The SMILES string of the molecule is C=CC=O.CCO.CCc1cc(C2CCC(OC)CC2)ccc1-c1ccc(C2CCC(CCCCS)CC2)cc1. The van der Waals surface area contributed by atoms with Crippen LogP contribution in [0, 0.1) is 5.92 Å². The van der Waals surface area contributed by atoms with Crippen LogP contribution in [0.5, 0.6) is 0 Å². The highest BCUT2D eigenvalue weighted by atomic mass is 32.1. The Kier molecular flexibility index (Phi) is 17.2. The molecule has 0 radical (unpaired) electrons. The summed E-state index contributed by atoms with van der Waals surface area (Å²) >= 11 is 4.36. The summed E-state index contributed by atoms with van der Waals surface area (Å²) in [7, 11) is 1.86. The van der Waals surface area contributed by atoms with Gasteiger partial charge in [0.1, 0.15) is 6.29 Å². The van der Waals surface area contributed by atoms with E-state index in [1.54, 1.807) is 12.5 Å². The number of benzene rings is 2. The average Bonchev–Trinajstić information content (AvgIpc) is 3.02. The Bertz CT molecular complexity index is 949. The van der Waals surface area contributed by atoms with Gasteiger partial charge < -0.3 is 9.84 Å². The minimum Gasteiger partial charge on any atom is -0.397 e. The number of methoxy groups -OCH3 is 1. The van der Waals surface area contributed by atoms with Gasteiger partial charge in [0.25, 0.3) is 0 Å². The zero-order valence-corrected chi connectivity index (χ0v) is 26.2. The summed E-state index contributed by atoms with van der Waals surface area (Å²) in [4.78, 5) is 9.06. The molecule has 0 spiro atoms. The molecule has 2 fully saturated rings. The van der Waals surface area contributed by atoms with Crippen LogP contribution < -0.4 is 0 Å². The first-order chi connectivity index (χ1) is 19.5. The number of hydrogen-bond acceptors (Lipinski definition) is 4. The number of hydrogen-bond donors (Lipinski definition) is 2. The van der Waals surface area contributed by atoms with Crippen molar-refractivity contribution in [2.45, 2.75) is 109 Å². The van der Waals surface area contributed by atoms with E-state index in [9.17, 15) is 0 Å². The Morgan fingerprint density at radius 2 is 1.45 bits per heavy atom. The maximum absolute atomic E-state index is 9.06. The molecule has 2 aromatic rings. The molecule has 0 atom stereocenters. The van der Waals surface area contributed by atoms with Crippen molar-refractivity contribution in [3.05, 3.63) is 71.8 Å². The number of allylic oxidation sites excluding steroid dienone is 1. The average molecular weight is 567 g/mol. The normalized spacial score (nSPS) is 22.2. The molecule has 3 nitrogen and oxygen atoms in total. The third-order valence-corrected chi connectivity index (χ3v) is 8.96. The Balaban J connectivity index is 0.000000722. The van der Waals surface area contributed by atoms with Gasteiger partial charge in [0.2, 0.25) is 0 Å². The fourth-order valence-electron chi connectivity index (χ4n) is 6.34. The number of aliphatic hydroxyl groups is 1. The van der Waals surface area contributed by atoms with E-state index in [-0.39, 0.29) is 6.61 Å². The summed E-state index contributed by atoms with van der Waals surface area (Å²) in [6.07, 6.45) is 17.9. The Morgan fingerprint density at radius 1 is 0.900 bits per heavy atom. The number of carbonyl (C=O) groups is 1. The molecule has 2 aliphatic rings. The van der Waals surface area contributed by atoms with E-state index in [0.29, 0.717) is 18.3 Å². The van der Waals surface area contributed by atoms with Crippen molar-refractivity contribution in [1.82, 2.24) is 0 Å². The molecule has 0 heterocycles. The van der Waals surface area contributed by atoms with Crippen LogP contribution in [-0.2, 0) is 16.0 Å². The monoisotopic (exact) mass is 566 g/mol. The fourth-order valence-corrected chi connectivity index (χ4v) is 6.56. The maximum atomic E-state index is 9.06. The van der Waals surface area contributed by atoms with E-state index in [0.717, 1.165) is 24.0 Å². The number of carbonyl (C=O) groups excluding carboxylic acids is 1. The van der Waals surface area contributed by atoms with Crippen molar-refractivity contribution in [2.24, 2.45) is 5.92 Å². The number of rotatable bonds is 10. The minimum absolute atomic E-state index is 0.250. The lowest BCUT2D eigenvalue weighted by molar-refractivity contribution is -0.104. The number of aldehydes is 1. The van der Waals surface area contributed by atoms with Gasteiger partial charge in [0.15, 0.2) is 0 Å². The highest BCUT2D eigenvalue weighted by Crippen LogP contribution is 2.39. The first-order valence-corrected chi connectivity index (χ1v) is 16.2. The number of ether oxygens (including phenoxy) is 1. The van der Waals surface area contributed by atoms with E-state index in [1.807, 2.05) is 7.11 Å². The molecule has 222 valence electrons. The third-order valence-electron chi connectivity index (χ3n) is 8.65. The Morgan fingerprint density at radius 3 is 1.98 bits per heavy atom. The van der Waals surface area contributed by atoms with Gasteiger partial charge in [-0.25, -0.2) is 0 Å². The fraction of sp³-hybridized carbons (Fsp3) is 0.583. The van der Waals surface area contributed by atoms with Crippen LogP contribution in [-0.4, -0.2) is 37.0 Å². The quantitative estimate of drug-likeness (QED) is 0.130. The first kappa shape index (κ1) is 34.3. The zero-order chi connectivity index (χ0) is 29.2. The van der Waals surface area contributed by atoms with Crippen LogP contribution in [0.4, 0.5) is 0 Å². The Hall–Kier alpha value is -1.88. The highest BCUT2D eigenvalue weighted by molar-refractivity contribution is 7.80. The van der Waals surface area contributed by atoms with Crippen molar-refractivity contribution >= 4 is 18.9 Å². The van der Waals surface area contributed by atoms with Gasteiger partial charge in [-0.2, -0.15) is 12.6 Å². The van der Waals surface area contributed by atoms with Gasteiger partial charge >= 0.3 is 0 Å². The van der Waals surface area contributed by atoms with Crippen LogP contribution in [0.3, 0.4) is 0 Å². The molecule has 0 saturated heterocycles. The molecule has 2 saturated carbocycles. The number of unbranched alkanes of at least 4 members (excludes halogenated alkanes) is 1. The summed E-state index contributed by atoms with van der Waals surface area (Å²) in [5.41, 5.74) is 7.39. The topological polar surface area (TPSA) is 46.5 Å². The molecular weight excluding hydrogens is 512 g/mol. The third kappa shape index (κ3) is 11.2. The summed E-state index contributed by atoms with van der Waals surface area (Å²) in [5.74, 6) is 3.46. The molecule has 2 aliphatic carbocycles. The van der Waals surface area contributed by atoms with Crippen molar-refractivity contribution in [1.29, 1.82) is 0 Å². The Labute approximate surface area is 250 Å². The van der Waals surface area contributed by atoms with E-state index < -0.39 is 0 Å². The second-order valence-corrected chi connectivity index (χ2v) is 11.7. The highest BCUT2D eigenvalue weighted by Gasteiger charge is 2.24. The molecular formula is C36H54O3S. The van der Waals surface area contributed by atoms with Crippen LogP contribution >= 0.6 is 12.6 Å². The maximum Gasteiger partial charge on any atom is 0.142 e. The molecule has 0 aromatic heterocycles. The lowest BCUT2D eigenvalue weighted by atomic mass is 9.77. The van der Waals surface area contributed by atoms with E-state index >= 15 is 0 Å². The van der Waals surface area contributed by atoms with Crippen molar-refractivity contribution < 1.29 is 14.6 Å². The zero-order valence-electron chi connectivity index (χ0n) is 25.3. The molecule has 1 N–H and O–H groups in total. The predicted octanol–water partition coefficient (Wildman–Crippen LogP) is 9.33. The largest absolute Gasteiger partial charge is 0.397 e. The molecule has 0 aliphatic heterocycles. The first-order valence-electron chi connectivity index (χ1n) is 15.6. The van der Waals surface area contributed by atoms with E-state index in [2.05, 4.69) is 68.6 Å². The lowest BCUT2D eigenvalue weighted by Gasteiger charge is -2.29. The van der Waals surface area contributed by atoms with Crippen molar-refractivity contribution in [3.63, 3.8) is 0 Å². The molecule has 40 heavy (non-hydrogen) atoms. The van der Waals surface area contributed by atoms with Crippen molar-refractivity contribution in [3.8, 4) is 11.1 Å². The van der Waals surface area contributed by atoms with Gasteiger partial charge in [-0.05, 0) is 129 Å². The van der Waals surface area contributed by atoms with Gasteiger partial charge in [0, 0.05) is 13.7 Å². The minimum atomic E-state index is 0.250. The number of aliphatic hydroxyl groups excluding tert-OH is 1. The number of aryl methyl sites for hydroxylation is 1. The van der Waals surface area contributed by atoms with Crippen LogP contribution in [0.15, 0.2) is 55.1 Å². The van der Waals surface area contributed by atoms with Crippen molar-refractivity contribution in [2.75, 3.05) is 19.5 Å². The number of thiol groups is 1. The molecule has 0 unspecified atom stereocenters. The van der Waals surface area contributed by atoms with Crippen LogP contribution in [0.2, 0.25) is 0 Å². The van der Waals surface area contributed by atoms with Gasteiger partial charge in [0.05, 0.1) is 6.10 Å². The van der Waals surface area contributed by atoms with Crippen LogP contribution in [0.1, 0.15) is 113 Å². The second kappa shape index (κ2) is 20.1. The van der Waals surface area contributed by atoms with Gasteiger partial charge in [-0.1, -0.05) is 68.8 Å². The molecule has 4 rings (SSSR count). The predicted molar refractivity (Wildman–Crippen MR) is 175 cm³/mol. The second-order valence-electron chi connectivity index (χ2n) is 11.2. The molecule has 2 aromatic carbocycles. The van der Waals surface area contributed by atoms with E-state index in [4.69, 9.17) is 14.6 Å². The standard InChI is InChI=1S/C31H44OS.C3H4O.C2H6O/c1-3-24-22-29(27-15-18-30(32-2)19-16-27)17-20-31(24)28-13-11-26(12-14-28)25-9-7-23(8-10-25)6-4-5-21-33;1-2-3-4;1-2-3/h11-14,17,20,22-23,25,27,30,33H,3-10,15-16,18-19,21H2,1-2H3;2-3H,1H2;3H,2H2,1H3.